The van der Waals surface area contributed by atoms with Crippen molar-refractivity contribution < 1.29 is 10.0 Å². The summed E-state index contributed by atoms with van der Waals surface area (Å²) in [7, 11) is 0. The first-order valence-corrected chi connectivity index (χ1v) is 3.40. The highest BCUT2D eigenvalue weighted by atomic mass is 16.6. The summed E-state index contributed by atoms with van der Waals surface area (Å²) in [5.74, 6) is -0.308. The van der Waals surface area contributed by atoms with Crippen LogP contribution in [0.5, 0.6) is 5.75 Å². The van der Waals surface area contributed by atoms with E-state index in [4.69, 9.17) is 5.11 Å². The Morgan fingerprint density at radius 3 is 2.75 bits per heavy atom. The number of nitrogens with zero attached hydrogens (tertiary/aromatic N) is 1. The molecule has 0 saturated heterocycles. The lowest BCUT2D eigenvalue weighted by atomic mass is 10.1. The van der Waals surface area contributed by atoms with Crippen molar-refractivity contribution in [3.63, 3.8) is 0 Å². The Labute approximate surface area is 69.6 Å². The Bertz CT molecular complexity index is 309. The van der Waals surface area contributed by atoms with Gasteiger partial charge in [-0.1, -0.05) is 6.07 Å². The number of nitro groups is 1. The predicted molar refractivity (Wildman–Crippen MR) is 43.8 cm³/mol. The lowest BCUT2D eigenvalue weighted by Crippen LogP contribution is -1.90. The van der Waals surface area contributed by atoms with Gasteiger partial charge in [-0.2, -0.15) is 0 Å². The number of aromatic hydroxyl groups is 1. The Balaban J connectivity index is 3.17. The fourth-order valence-electron chi connectivity index (χ4n) is 0.871. The van der Waals surface area contributed by atoms with Crippen LogP contribution in [0.15, 0.2) is 18.2 Å². The predicted octanol–water partition coefficient (Wildman–Crippen LogP) is 1.68. The smallest absolute Gasteiger partial charge is 0.310 e. The summed E-state index contributed by atoms with van der Waals surface area (Å²) >= 11 is 0. The molecule has 1 radical (unpaired) electrons. The highest BCUT2D eigenvalue weighted by Gasteiger charge is 2.12. The van der Waals surface area contributed by atoms with E-state index < -0.39 is 4.92 Å². The van der Waals surface area contributed by atoms with Gasteiger partial charge in [0.2, 0.25) is 0 Å². The molecule has 0 aliphatic rings. The van der Waals surface area contributed by atoms with Crippen LogP contribution in [-0.4, -0.2) is 10.0 Å². The first-order chi connectivity index (χ1) is 5.65. The average molecular weight is 166 g/mol. The minimum absolute atomic E-state index is 0.267. The van der Waals surface area contributed by atoms with E-state index in [1.54, 1.807) is 6.07 Å². The van der Waals surface area contributed by atoms with Crippen molar-refractivity contribution in [2.45, 2.75) is 6.42 Å². The van der Waals surface area contributed by atoms with Gasteiger partial charge in [0.05, 0.1) is 4.92 Å². The van der Waals surface area contributed by atoms with Gasteiger partial charge in [0.1, 0.15) is 0 Å². The normalized spacial score (nSPS) is 9.75. The molecule has 0 aromatic heterocycles. The number of hydrogen-bond acceptors (Lipinski definition) is 3. The van der Waals surface area contributed by atoms with E-state index in [2.05, 4.69) is 6.92 Å². The first-order valence-electron chi connectivity index (χ1n) is 3.40. The number of nitro benzene ring substituents is 1. The number of phenols is 1. The summed E-state index contributed by atoms with van der Waals surface area (Å²) in [5.41, 5.74) is 0.468. The molecule has 0 saturated carbocycles. The van der Waals surface area contributed by atoms with Crippen molar-refractivity contribution in [2.75, 3.05) is 0 Å². The zero-order chi connectivity index (χ0) is 9.14. The minimum atomic E-state index is -0.617. The molecule has 0 atom stereocenters. The van der Waals surface area contributed by atoms with E-state index in [9.17, 15) is 10.1 Å². The van der Waals surface area contributed by atoms with Gasteiger partial charge < -0.3 is 5.11 Å². The third-order valence-corrected chi connectivity index (χ3v) is 1.53. The summed E-state index contributed by atoms with van der Waals surface area (Å²) < 4.78 is 0. The standard InChI is InChI=1S/C8H8NO3/c1-2-6-3-4-8(10)7(5-6)9(11)12/h3-5,10H,1-2H2. The molecule has 0 aliphatic heterocycles. The molecular formula is C8H8NO3. The third kappa shape index (κ3) is 1.53. The molecule has 0 amide bonds. The maximum Gasteiger partial charge on any atom is 0.310 e. The van der Waals surface area contributed by atoms with E-state index in [-0.39, 0.29) is 11.4 Å². The van der Waals surface area contributed by atoms with Gasteiger partial charge >= 0.3 is 5.69 Å². The number of benzene rings is 1. The average Bonchev–Trinajstić information content (AvgIpc) is 2.05. The van der Waals surface area contributed by atoms with Crippen molar-refractivity contribution in [1.29, 1.82) is 0 Å². The molecule has 1 rings (SSSR count). The van der Waals surface area contributed by atoms with Gasteiger partial charge in [-0.15, -0.1) is 0 Å². The SMILES string of the molecule is [CH2]Cc1ccc(O)c([N+](=O)[O-])c1. The lowest BCUT2D eigenvalue weighted by molar-refractivity contribution is -0.385. The molecule has 1 N–H and O–H groups in total. The fourth-order valence-corrected chi connectivity index (χ4v) is 0.871. The third-order valence-electron chi connectivity index (χ3n) is 1.53. The van der Waals surface area contributed by atoms with Gasteiger partial charge in [-0.05, 0) is 25.0 Å². The van der Waals surface area contributed by atoms with Crippen LogP contribution < -0.4 is 0 Å². The molecule has 1 aromatic rings. The monoisotopic (exact) mass is 166 g/mol. The van der Waals surface area contributed by atoms with E-state index in [0.717, 1.165) is 5.56 Å². The summed E-state index contributed by atoms with van der Waals surface area (Å²) in [5, 5.41) is 19.4. The highest BCUT2D eigenvalue weighted by molar-refractivity contribution is 5.47. The number of rotatable bonds is 2. The van der Waals surface area contributed by atoms with E-state index in [1.807, 2.05) is 0 Å². The number of phenolic OH excluding ortho intramolecular Hbond substituents is 1. The van der Waals surface area contributed by atoms with Gasteiger partial charge in [0.15, 0.2) is 5.75 Å². The largest absolute Gasteiger partial charge is 0.502 e. The Hall–Kier alpha value is -1.58. The van der Waals surface area contributed by atoms with Crippen molar-refractivity contribution in [3.8, 4) is 5.75 Å². The van der Waals surface area contributed by atoms with E-state index in [0.29, 0.717) is 6.42 Å². The first kappa shape index (κ1) is 8.52. The second-order valence-corrected chi connectivity index (χ2v) is 2.33. The van der Waals surface area contributed by atoms with Gasteiger partial charge in [0.25, 0.3) is 0 Å². The Kier molecular flexibility index (Phi) is 2.28. The van der Waals surface area contributed by atoms with Crippen molar-refractivity contribution >= 4 is 5.69 Å². The molecule has 0 unspecified atom stereocenters. The maximum atomic E-state index is 10.3. The second-order valence-electron chi connectivity index (χ2n) is 2.33. The van der Waals surface area contributed by atoms with Crippen LogP contribution in [0.3, 0.4) is 0 Å². The molecule has 12 heavy (non-hydrogen) atoms. The van der Waals surface area contributed by atoms with Crippen LogP contribution in [-0.2, 0) is 6.42 Å². The van der Waals surface area contributed by atoms with Crippen LogP contribution in [0.2, 0.25) is 0 Å². The summed E-state index contributed by atoms with van der Waals surface area (Å²) in [6.45, 7) is 3.58. The van der Waals surface area contributed by atoms with Crippen LogP contribution in [0, 0.1) is 17.0 Å². The number of hydrogen-bond donors (Lipinski definition) is 1. The molecule has 1 aromatic carbocycles. The van der Waals surface area contributed by atoms with E-state index in [1.165, 1.54) is 12.1 Å². The topological polar surface area (TPSA) is 63.4 Å². The molecule has 0 spiro atoms. The van der Waals surface area contributed by atoms with E-state index >= 15 is 0 Å². The van der Waals surface area contributed by atoms with Crippen LogP contribution in [0.1, 0.15) is 5.56 Å². The zero-order valence-electron chi connectivity index (χ0n) is 6.36. The Morgan fingerprint density at radius 1 is 1.58 bits per heavy atom. The Morgan fingerprint density at radius 2 is 2.25 bits per heavy atom. The highest BCUT2D eigenvalue weighted by Crippen LogP contribution is 2.26. The maximum absolute atomic E-state index is 10.3. The zero-order valence-corrected chi connectivity index (χ0v) is 6.36. The molecule has 0 aliphatic carbocycles. The molecular weight excluding hydrogens is 158 g/mol. The van der Waals surface area contributed by atoms with Crippen LogP contribution in [0.4, 0.5) is 5.69 Å². The lowest BCUT2D eigenvalue weighted by Gasteiger charge is -1.97. The fraction of sp³-hybridized carbons (Fsp3) is 0.125. The molecule has 4 nitrogen and oxygen atoms in total. The minimum Gasteiger partial charge on any atom is -0.502 e. The van der Waals surface area contributed by atoms with Crippen LogP contribution in [0.25, 0.3) is 0 Å². The van der Waals surface area contributed by atoms with Crippen LogP contribution >= 0.6 is 0 Å². The van der Waals surface area contributed by atoms with Gasteiger partial charge in [-0.25, -0.2) is 0 Å². The van der Waals surface area contributed by atoms with Crippen molar-refractivity contribution in [3.05, 3.63) is 40.8 Å². The molecule has 0 heterocycles. The van der Waals surface area contributed by atoms with Gasteiger partial charge in [0, 0.05) is 6.07 Å². The molecule has 63 valence electrons. The summed E-state index contributed by atoms with van der Waals surface area (Å²) in [4.78, 5) is 9.70. The quantitative estimate of drug-likeness (QED) is 0.537. The molecule has 0 fully saturated rings. The van der Waals surface area contributed by atoms with Crippen molar-refractivity contribution in [2.24, 2.45) is 0 Å². The molecule has 4 heteroatoms. The second kappa shape index (κ2) is 3.21. The van der Waals surface area contributed by atoms with Gasteiger partial charge in [-0.3, -0.25) is 10.1 Å². The van der Waals surface area contributed by atoms with Crippen molar-refractivity contribution in [1.82, 2.24) is 0 Å². The summed E-state index contributed by atoms with van der Waals surface area (Å²) in [6.07, 6.45) is 0.473. The molecule has 0 bridgehead atoms. The summed E-state index contributed by atoms with van der Waals surface area (Å²) in [6, 6.07) is 4.23.